The lowest BCUT2D eigenvalue weighted by Gasteiger charge is -2.27. The zero-order chi connectivity index (χ0) is 19.4. The SMILES string of the molecule is COc1ccc(-c2c[nH]c(C3CCC(CNC(=O)C(F)(F)F)CC3)n2)cc1. The molecule has 0 saturated heterocycles. The largest absolute Gasteiger partial charge is 0.497 e. The van der Waals surface area contributed by atoms with Gasteiger partial charge >= 0.3 is 12.1 Å². The number of halogens is 3. The summed E-state index contributed by atoms with van der Waals surface area (Å²) in [6.45, 7) is 0.0698. The minimum Gasteiger partial charge on any atom is -0.497 e. The molecule has 8 heteroatoms. The molecule has 0 bridgehead atoms. The lowest BCUT2D eigenvalue weighted by atomic mass is 9.81. The molecule has 1 aliphatic carbocycles. The molecule has 1 fully saturated rings. The van der Waals surface area contributed by atoms with E-state index in [-0.39, 0.29) is 18.4 Å². The van der Waals surface area contributed by atoms with Crippen LogP contribution in [0.25, 0.3) is 11.3 Å². The Bertz CT molecular complexity index is 763. The number of imidazole rings is 1. The molecule has 3 rings (SSSR count). The molecule has 1 aromatic carbocycles. The summed E-state index contributed by atoms with van der Waals surface area (Å²) in [5.74, 6) is 0.152. The van der Waals surface area contributed by atoms with Crippen molar-refractivity contribution in [3.05, 3.63) is 36.3 Å². The van der Waals surface area contributed by atoms with Crippen LogP contribution in [0, 0.1) is 5.92 Å². The minimum atomic E-state index is -4.82. The van der Waals surface area contributed by atoms with Gasteiger partial charge in [-0.25, -0.2) is 4.98 Å². The fourth-order valence-electron chi connectivity index (χ4n) is 3.43. The smallest absolute Gasteiger partial charge is 0.471 e. The maximum absolute atomic E-state index is 12.2. The first-order valence-corrected chi connectivity index (χ1v) is 8.91. The molecule has 1 saturated carbocycles. The van der Waals surface area contributed by atoms with Crippen molar-refractivity contribution < 1.29 is 22.7 Å². The lowest BCUT2D eigenvalue weighted by molar-refractivity contribution is -0.173. The third-order valence-corrected chi connectivity index (χ3v) is 5.03. The number of methoxy groups -OCH3 is 1. The Kier molecular flexibility index (Phi) is 5.72. The highest BCUT2D eigenvalue weighted by Gasteiger charge is 2.38. The van der Waals surface area contributed by atoms with Crippen LogP contribution in [0.5, 0.6) is 5.75 Å². The second-order valence-corrected chi connectivity index (χ2v) is 6.82. The summed E-state index contributed by atoms with van der Waals surface area (Å²) >= 11 is 0. The molecule has 0 radical (unpaired) electrons. The zero-order valence-electron chi connectivity index (χ0n) is 15.0. The van der Waals surface area contributed by atoms with Gasteiger partial charge in [0.15, 0.2) is 0 Å². The first-order chi connectivity index (χ1) is 12.9. The van der Waals surface area contributed by atoms with Gasteiger partial charge in [-0.05, 0) is 55.9 Å². The molecule has 1 amide bonds. The van der Waals surface area contributed by atoms with E-state index in [9.17, 15) is 18.0 Å². The van der Waals surface area contributed by atoms with Gasteiger partial charge in [0.05, 0.1) is 12.8 Å². The van der Waals surface area contributed by atoms with E-state index in [1.807, 2.05) is 35.8 Å². The summed E-state index contributed by atoms with van der Waals surface area (Å²) in [4.78, 5) is 18.8. The first-order valence-electron chi connectivity index (χ1n) is 8.91. The minimum absolute atomic E-state index is 0.0698. The highest BCUT2D eigenvalue weighted by Crippen LogP contribution is 2.35. The number of amides is 1. The first kappa shape index (κ1) is 19.3. The van der Waals surface area contributed by atoms with Crippen molar-refractivity contribution in [2.24, 2.45) is 5.92 Å². The summed E-state index contributed by atoms with van der Waals surface area (Å²) in [6.07, 6.45) is 0.253. The van der Waals surface area contributed by atoms with Crippen LogP contribution in [0.2, 0.25) is 0 Å². The Balaban J connectivity index is 1.52. The molecule has 146 valence electrons. The van der Waals surface area contributed by atoms with Crippen LogP contribution >= 0.6 is 0 Å². The highest BCUT2D eigenvalue weighted by atomic mass is 19.4. The van der Waals surface area contributed by atoms with E-state index in [4.69, 9.17) is 4.74 Å². The third kappa shape index (κ3) is 4.81. The Morgan fingerprint density at radius 3 is 2.48 bits per heavy atom. The number of aromatic nitrogens is 2. The van der Waals surface area contributed by atoms with Crippen molar-refractivity contribution in [1.82, 2.24) is 15.3 Å². The molecule has 27 heavy (non-hydrogen) atoms. The second-order valence-electron chi connectivity index (χ2n) is 6.82. The number of carbonyl (C=O) groups is 1. The van der Waals surface area contributed by atoms with Crippen molar-refractivity contribution in [3.8, 4) is 17.0 Å². The van der Waals surface area contributed by atoms with Crippen molar-refractivity contribution in [2.75, 3.05) is 13.7 Å². The number of hydrogen-bond donors (Lipinski definition) is 2. The predicted octanol–water partition coefficient (Wildman–Crippen LogP) is 4.04. The van der Waals surface area contributed by atoms with Gasteiger partial charge in [-0.15, -0.1) is 0 Å². The highest BCUT2D eigenvalue weighted by molar-refractivity contribution is 5.81. The maximum Gasteiger partial charge on any atom is 0.471 e. The van der Waals surface area contributed by atoms with Crippen LogP contribution < -0.4 is 10.1 Å². The Hall–Kier alpha value is -2.51. The number of ether oxygens (including phenoxy) is 1. The molecule has 0 aliphatic heterocycles. The monoisotopic (exact) mass is 381 g/mol. The standard InChI is InChI=1S/C19H22F3N3O2/c1-27-15-8-6-13(7-9-15)16-11-23-17(25-16)14-4-2-12(3-5-14)10-24-18(26)19(20,21)22/h6-9,11-12,14H,2-5,10H2,1H3,(H,23,25)(H,24,26). The van der Waals surface area contributed by atoms with Crippen molar-refractivity contribution in [1.29, 1.82) is 0 Å². The van der Waals surface area contributed by atoms with E-state index < -0.39 is 12.1 Å². The van der Waals surface area contributed by atoms with Crippen molar-refractivity contribution in [3.63, 3.8) is 0 Å². The van der Waals surface area contributed by atoms with Gasteiger partial charge in [0, 0.05) is 24.2 Å². The number of carbonyl (C=O) groups excluding carboxylic acids is 1. The summed E-state index contributed by atoms with van der Waals surface area (Å²) < 4.78 is 41.9. The topological polar surface area (TPSA) is 67.0 Å². The second kappa shape index (κ2) is 8.02. The number of benzene rings is 1. The zero-order valence-corrected chi connectivity index (χ0v) is 15.0. The van der Waals surface area contributed by atoms with Gasteiger partial charge in [-0.2, -0.15) is 13.2 Å². The summed E-state index contributed by atoms with van der Waals surface area (Å²) in [7, 11) is 1.62. The molecule has 1 aromatic heterocycles. The van der Waals surface area contributed by atoms with Crippen LogP contribution in [0.4, 0.5) is 13.2 Å². The van der Waals surface area contributed by atoms with Gasteiger partial charge in [0.2, 0.25) is 0 Å². The molecule has 1 heterocycles. The predicted molar refractivity (Wildman–Crippen MR) is 94.3 cm³/mol. The number of nitrogens with one attached hydrogen (secondary N) is 2. The summed E-state index contributed by atoms with van der Waals surface area (Å²) in [5, 5.41) is 1.98. The lowest BCUT2D eigenvalue weighted by Crippen LogP contribution is -2.39. The van der Waals surface area contributed by atoms with Gasteiger partial charge in [-0.3, -0.25) is 4.79 Å². The van der Waals surface area contributed by atoms with Gasteiger partial charge in [0.25, 0.3) is 0 Å². The van der Waals surface area contributed by atoms with Crippen molar-refractivity contribution >= 4 is 5.91 Å². The summed E-state index contributed by atoms with van der Waals surface area (Å²) in [6, 6.07) is 7.65. The normalized spacial score (nSPS) is 20.3. The third-order valence-electron chi connectivity index (χ3n) is 5.03. The van der Waals surface area contributed by atoms with Crippen LogP contribution in [0.15, 0.2) is 30.5 Å². The van der Waals surface area contributed by atoms with Crippen LogP contribution in [-0.2, 0) is 4.79 Å². The van der Waals surface area contributed by atoms with Gasteiger partial charge < -0.3 is 15.0 Å². The quantitative estimate of drug-likeness (QED) is 0.822. The van der Waals surface area contributed by atoms with Crippen molar-refractivity contribution in [2.45, 2.75) is 37.8 Å². The molecular formula is C19H22F3N3O2. The molecule has 0 unspecified atom stereocenters. The van der Waals surface area contributed by atoms with E-state index in [0.29, 0.717) is 0 Å². The van der Waals surface area contributed by atoms with Gasteiger partial charge in [-0.1, -0.05) is 0 Å². The summed E-state index contributed by atoms with van der Waals surface area (Å²) in [5.41, 5.74) is 1.84. The Labute approximate surface area is 155 Å². The Morgan fingerprint density at radius 1 is 1.22 bits per heavy atom. The molecular weight excluding hydrogens is 359 g/mol. The molecule has 0 spiro atoms. The van der Waals surface area contributed by atoms with E-state index in [0.717, 1.165) is 48.5 Å². The number of H-pyrrole nitrogens is 1. The fraction of sp³-hybridized carbons (Fsp3) is 0.474. The number of aromatic amines is 1. The van der Waals surface area contributed by atoms with Crippen LogP contribution in [0.3, 0.4) is 0 Å². The van der Waals surface area contributed by atoms with E-state index in [2.05, 4.69) is 9.97 Å². The van der Waals surface area contributed by atoms with E-state index in [1.165, 1.54) is 0 Å². The number of nitrogens with zero attached hydrogens (tertiary/aromatic N) is 1. The molecule has 5 nitrogen and oxygen atoms in total. The molecule has 0 atom stereocenters. The van der Waals surface area contributed by atoms with Gasteiger partial charge in [0.1, 0.15) is 11.6 Å². The van der Waals surface area contributed by atoms with Crippen LogP contribution in [0.1, 0.15) is 37.4 Å². The fourth-order valence-corrected chi connectivity index (χ4v) is 3.43. The molecule has 2 N–H and O–H groups in total. The Morgan fingerprint density at radius 2 is 1.89 bits per heavy atom. The van der Waals surface area contributed by atoms with E-state index in [1.54, 1.807) is 7.11 Å². The average Bonchev–Trinajstić information content (AvgIpc) is 3.16. The molecule has 2 aromatic rings. The average molecular weight is 381 g/mol. The molecule has 1 aliphatic rings. The number of rotatable bonds is 5. The number of alkyl halides is 3. The maximum atomic E-state index is 12.2. The van der Waals surface area contributed by atoms with Crippen LogP contribution in [-0.4, -0.2) is 35.7 Å². The van der Waals surface area contributed by atoms with E-state index >= 15 is 0 Å². The number of hydrogen-bond acceptors (Lipinski definition) is 3.